The SMILES string of the molecule is CC(C)(C)OC(=O)Nc1cc(F)ccc1S(C)(=N)=O. The lowest BCUT2D eigenvalue weighted by atomic mass is 10.2. The van der Waals surface area contributed by atoms with E-state index in [1.807, 2.05) is 0 Å². The number of hydrogen-bond donors (Lipinski definition) is 2. The van der Waals surface area contributed by atoms with Crippen LogP contribution in [0.5, 0.6) is 0 Å². The van der Waals surface area contributed by atoms with Crippen molar-refractivity contribution in [1.82, 2.24) is 0 Å². The Morgan fingerprint density at radius 3 is 2.47 bits per heavy atom. The van der Waals surface area contributed by atoms with Gasteiger partial charge in [0.2, 0.25) is 0 Å². The van der Waals surface area contributed by atoms with E-state index in [1.165, 1.54) is 12.3 Å². The lowest BCUT2D eigenvalue weighted by Crippen LogP contribution is -2.27. The molecule has 0 aliphatic heterocycles. The largest absolute Gasteiger partial charge is 0.444 e. The summed E-state index contributed by atoms with van der Waals surface area (Å²) < 4.78 is 37.5. The minimum absolute atomic E-state index is 0.0169. The Labute approximate surface area is 112 Å². The van der Waals surface area contributed by atoms with E-state index in [4.69, 9.17) is 9.52 Å². The zero-order chi connectivity index (χ0) is 14.8. The zero-order valence-electron chi connectivity index (χ0n) is 11.2. The fourth-order valence-electron chi connectivity index (χ4n) is 1.35. The first-order valence-electron chi connectivity index (χ1n) is 5.52. The molecule has 19 heavy (non-hydrogen) atoms. The van der Waals surface area contributed by atoms with Crippen molar-refractivity contribution in [3.05, 3.63) is 24.0 Å². The van der Waals surface area contributed by atoms with Crippen molar-refractivity contribution >= 4 is 21.5 Å². The maximum atomic E-state index is 13.2. The molecule has 1 amide bonds. The summed E-state index contributed by atoms with van der Waals surface area (Å²) in [6.45, 7) is 5.06. The Morgan fingerprint density at radius 2 is 2.00 bits per heavy atom. The Kier molecular flexibility index (Phi) is 4.19. The summed E-state index contributed by atoms with van der Waals surface area (Å²) in [6.07, 6.45) is 0.406. The molecule has 106 valence electrons. The Balaban J connectivity index is 3.07. The van der Waals surface area contributed by atoms with Crippen LogP contribution in [0.15, 0.2) is 23.1 Å². The highest BCUT2D eigenvalue weighted by molar-refractivity contribution is 7.91. The summed E-state index contributed by atoms with van der Waals surface area (Å²) in [5, 5.41) is 2.31. The van der Waals surface area contributed by atoms with Gasteiger partial charge in [-0.05, 0) is 39.0 Å². The highest BCUT2D eigenvalue weighted by Crippen LogP contribution is 2.23. The Hall–Kier alpha value is -1.63. The van der Waals surface area contributed by atoms with E-state index in [2.05, 4.69) is 5.32 Å². The van der Waals surface area contributed by atoms with Crippen LogP contribution in [0.3, 0.4) is 0 Å². The topological polar surface area (TPSA) is 79.2 Å². The van der Waals surface area contributed by atoms with Gasteiger partial charge in [0.1, 0.15) is 11.4 Å². The van der Waals surface area contributed by atoms with Crippen molar-refractivity contribution in [3.63, 3.8) is 0 Å². The van der Waals surface area contributed by atoms with Gasteiger partial charge in [0.05, 0.1) is 20.3 Å². The second-order valence-electron chi connectivity index (χ2n) is 5.11. The van der Waals surface area contributed by atoms with E-state index in [0.717, 1.165) is 12.1 Å². The Bertz CT molecular complexity index is 591. The molecule has 1 rings (SSSR count). The second-order valence-corrected chi connectivity index (χ2v) is 7.24. The van der Waals surface area contributed by atoms with Gasteiger partial charge < -0.3 is 4.74 Å². The first-order valence-corrected chi connectivity index (χ1v) is 7.49. The molecule has 5 nitrogen and oxygen atoms in total. The van der Waals surface area contributed by atoms with Crippen LogP contribution in [0, 0.1) is 10.6 Å². The quantitative estimate of drug-likeness (QED) is 0.877. The minimum Gasteiger partial charge on any atom is -0.444 e. The van der Waals surface area contributed by atoms with Crippen LogP contribution >= 0.6 is 0 Å². The molecule has 0 saturated heterocycles. The molecule has 0 saturated carbocycles. The average Bonchev–Trinajstić information content (AvgIpc) is 2.11. The van der Waals surface area contributed by atoms with Crippen molar-refractivity contribution in [3.8, 4) is 0 Å². The molecule has 2 N–H and O–H groups in total. The summed E-state index contributed by atoms with van der Waals surface area (Å²) in [7, 11) is -3.08. The molecule has 0 bridgehead atoms. The van der Waals surface area contributed by atoms with Gasteiger partial charge in [0.15, 0.2) is 0 Å². The number of rotatable bonds is 2. The molecule has 0 radical (unpaired) electrons. The molecule has 0 heterocycles. The molecule has 7 heteroatoms. The monoisotopic (exact) mass is 288 g/mol. The third-order valence-electron chi connectivity index (χ3n) is 2.00. The van der Waals surface area contributed by atoms with Crippen molar-refractivity contribution < 1.29 is 18.1 Å². The average molecular weight is 288 g/mol. The van der Waals surface area contributed by atoms with Crippen LogP contribution in [0.1, 0.15) is 20.8 Å². The molecule has 0 spiro atoms. The lowest BCUT2D eigenvalue weighted by Gasteiger charge is -2.20. The van der Waals surface area contributed by atoms with Crippen LogP contribution in [0.2, 0.25) is 0 Å². The molecule has 1 aromatic carbocycles. The van der Waals surface area contributed by atoms with Gasteiger partial charge in [-0.1, -0.05) is 0 Å². The zero-order valence-corrected chi connectivity index (χ0v) is 12.1. The van der Waals surface area contributed by atoms with Gasteiger partial charge >= 0.3 is 6.09 Å². The second kappa shape index (κ2) is 5.16. The molecule has 1 unspecified atom stereocenters. The number of anilines is 1. The molecule has 1 aromatic rings. The minimum atomic E-state index is -3.08. The molecule has 0 aliphatic rings. The standard InChI is InChI=1S/C12H17FN2O3S/c1-12(2,3)18-11(16)15-9-7-8(13)5-6-10(9)19(4,14)17/h5-7,14H,1-4H3,(H,15,16). The summed E-state index contributed by atoms with van der Waals surface area (Å²) >= 11 is 0. The maximum Gasteiger partial charge on any atom is 0.412 e. The number of nitrogens with one attached hydrogen (secondary N) is 2. The van der Waals surface area contributed by atoms with E-state index in [1.54, 1.807) is 20.8 Å². The van der Waals surface area contributed by atoms with Crippen molar-refractivity contribution in [1.29, 1.82) is 4.78 Å². The van der Waals surface area contributed by atoms with Crippen LogP contribution in [-0.4, -0.2) is 22.2 Å². The lowest BCUT2D eigenvalue weighted by molar-refractivity contribution is 0.0635. The normalized spacial score (nSPS) is 14.6. The van der Waals surface area contributed by atoms with Gasteiger partial charge in [-0.2, -0.15) is 0 Å². The molecule has 0 fully saturated rings. The number of carbonyl (C=O) groups excluding carboxylic acids is 1. The molecule has 1 atom stereocenters. The van der Waals surface area contributed by atoms with Gasteiger partial charge in [0.25, 0.3) is 0 Å². The van der Waals surface area contributed by atoms with Gasteiger partial charge in [-0.25, -0.2) is 18.2 Å². The fraction of sp³-hybridized carbons (Fsp3) is 0.417. The summed E-state index contributed by atoms with van der Waals surface area (Å²) in [5.74, 6) is -0.599. The van der Waals surface area contributed by atoms with Gasteiger partial charge in [-0.3, -0.25) is 5.32 Å². The first-order chi connectivity index (χ1) is 8.49. The van der Waals surface area contributed by atoms with E-state index in [0.29, 0.717) is 0 Å². The van der Waals surface area contributed by atoms with E-state index >= 15 is 0 Å². The van der Waals surface area contributed by atoms with Crippen molar-refractivity contribution in [2.24, 2.45) is 0 Å². The van der Waals surface area contributed by atoms with Gasteiger partial charge in [0, 0.05) is 6.26 Å². The first kappa shape index (κ1) is 15.4. The smallest absolute Gasteiger partial charge is 0.412 e. The Morgan fingerprint density at radius 1 is 1.42 bits per heavy atom. The molecular weight excluding hydrogens is 271 g/mol. The van der Waals surface area contributed by atoms with Crippen LogP contribution < -0.4 is 5.32 Å². The maximum absolute atomic E-state index is 13.2. The summed E-state index contributed by atoms with van der Waals surface area (Å²) in [5.41, 5.74) is -0.719. The predicted molar refractivity (Wildman–Crippen MR) is 71.3 cm³/mol. The number of benzene rings is 1. The third kappa shape index (κ3) is 4.86. The van der Waals surface area contributed by atoms with Crippen molar-refractivity contribution in [2.45, 2.75) is 31.3 Å². The number of ether oxygens (including phenoxy) is 1. The van der Waals surface area contributed by atoms with Crippen LogP contribution in [0.25, 0.3) is 0 Å². The molecule has 0 aromatic heterocycles. The van der Waals surface area contributed by atoms with Crippen LogP contribution in [-0.2, 0) is 14.5 Å². The summed E-state index contributed by atoms with van der Waals surface area (Å²) in [4.78, 5) is 11.7. The van der Waals surface area contributed by atoms with Crippen LogP contribution in [0.4, 0.5) is 14.9 Å². The molecular formula is C12H17FN2O3S. The number of carbonyl (C=O) groups is 1. The number of halogens is 1. The predicted octanol–water partition coefficient (Wildman–Crippen LogP) is 3.21. The van der Waals surface area contributed by atoms with E-state index in [9.17, 15) is 13.4 Å². The fourth-order valence-corrected chi connectivity index (χ4v) is 2.21. The number of amides is 1. The third-order valence-corrected chi connectivity index (χ3v) is 3.19. The van der Waals surface area contributed by atoms with Crippen molar-refractivity contribution in [2.75, 3.05) is 11.6 Å². The van der Waals surface area contributed by atoms with E-state index in [-0.39, 0.29) is 10.6 Å². The highest BCUT2D eigenvalue weighted by Gasteiger charge is 2.19. The van der Waals surface area contributed by atoms with E-state index < -0.39 is 27.2 Å². The summed E-state index contributed by atoms with van der Waals surface area (Å²) in [6, 6.07) is 3.32. The highest BCUT2D eigenvalue weighted by atomic mass is 32.2. The molecule has 0 aliphatic carbocycles. The number of hydrogen-bond acceptors (Lipinski definition) is 4. The van der Waals surface area contributed by atoms with Gasteiger partial charge in [-0.15, -0.1) is 0 Å².